The highest BCUT2D eigenvalue weighted by molar-refractivity contribution is 5.91. The summed E-state index contributed by atoms with van der Waals surface area (Å²) >= 11 is 0. The van der Waals surface area contributed by atoms with Crippen LogP contribution in [0.2, 0.25) is 0 Å². The summed E-state index contributed by atoms with van der Waals surface area (Å²) in [5.74, 6) is -3.98. The van der Waals surface area contributed by atoms with Crippen molar-refractivity contribution in [2.24, 2.45) is 0 Å². The first-order chi connectivity index (χ1) is 8.99. The molecule has 5 nitrogen and oxygen atoms in total. The van der Waals surface area contributed by atoms with Gasteiger partial charge in [-0.3, -0.25) is 4.79 Å². The minimum absolute atomic E-state index is 0.00728. The molecule has 2 aromatic heterocycles. The van der Waals surface area contributed by atoms with Crippen LogP contribution in [-0.4, -0.2) is 20.6 Å². The minimum atomic E-state index is -1.41. The Bertz CT molecular complexity index is 766. The molecule has 1 N–H and O–H groups in total. The highest BCUT2D eigenvalue weighted by Gasteiger charge is 2.27. The van der Waals surface area contributed by atoms with E-state index < -0.39 is 28.7 Å². The van der Waals surface area contributed by atoms with Crippen LogP contribution in [0.25, 0.3) is 11.0 Å². The van der Waals surface area contributed by atoms with Crippen molar-refractivity contribution in [3.05, 3.63) is 39.8 Å². The number of halogens is 2. The Balaban J connectivity index is 2.45. The van der Waals surface area contributed by atoms with Crippen molar-refractivity contribution in [1.82, 2.24) is 9.55 Å². The summed E-state index contributed by atoms with van der Waals surface area (Å²) < 4.78 is 27.8. The average molecular weight is 266 g/mol. The van der Waals surface area contributed by atoms with Gasteiger partial charge in [-0.1, -0.05) is 0 Å². The summed E-state index contributed by atoms with van der Waals surface area (Å²) in [5, 5.41) is 8.97. The van der Waals surface area contributed by atoms with Crippen LogP contribution in [0.4, 0.5) is 8.78 Å². The van der Waals surface area contributed by atoms with Gasteiger partial charge >= 0.3 is 5.97 Å². The fourth-order valence-electron chi connectivity index (χ4n) is 2.02. The summed E-state index contributed by atoms with van der Waals surface area (Å²) in [6, 6.07) is 0.885. The van der Waals surface area contributed by atoms with E-state index in [2.05, 4.69) is 4.98 Å². The number of carboxylic acid groups (broad SMARTS) is 1. The maximum atomic E-state index is 13.2. The van der Waals surface area contributed by atoms with E-state index in [4.69, 9.17) is 5.11 Å². The zero-order valence-corrected chi connectivity index (χ0v) is 9.56. The molecule has 7 heteroatoms. The van der Waals surface area contributed by atoms with Crippen LogP contribution in [0.1, 0.15) is 29.2 Å². The fourth-order valence-corrected chi connectivity index (χ4v) is 2.02. The smallest absolute Gasteiger partial charge is 0.341 e. The number of nitrogens with zero attached hydrogens (tertiary/aromatic N) is 2. The second-order valence-electron chi connectivity index (χ2n) is 4.44. The number of hydrogen-bond donors (Lipinski definition) is 1. The number of hydrogen-bond acceptors (Lipinski definition) is 3. The molecule has 1 saturated carbocycles. The molecule has 1 fully saturated rings. The van der Waals surface area contributed by atoms with Gasteiger partial charge in [0.15, 0.2) is 5.82 Å². The van der Waals surface area contributed by atoms with Gasteiger partial charge in [-0.25, -0.2) is 14.2 Å². The molecule has 2 heterocycles. The third-order valence-electron chi connectivity index (χ3n) is 3.09. The summed E-state index contributed by atoms with van der Waals surface area (Å²) in [4.78, 5) is 26.1. The Morgan fingerprint density at radius 1 is 1.42 bits per heavy atom. The zero-order valence-electron chi connectivity index (χ0n) is 9.56. The van der Waals surface area contributed by atoms with Gasteiger partial charge in [0, 0.05) is 18.3 Å². The van der Waals surface area contributed by atoms with E-state index in [-0.39, 0.29) is 17.1 Å². The van der Waals surface area contributed by atoms with Crippen LogP contribution in [0, 0.1) is 11.8 Å². The molecule has 3 rings (SSSR count). The van der Waals surface area contributed by atoms with E-state index >= 15 is 0 Å². The van der Waals surface area contributed by atoms with Crippen LogP contribution in [0.5, 0.6) is 0 Å². The molecular formula is C12H8F2N2O3. The van der Waals surface area contributed by atoms with E-state index in [0.29, 0.717) is 0 Å². The Morgan fingerprint density at radius 2 is 2.11 bits per heavy atom. The minimum Gasteiger partial charge on any atom is -0.477 e. The van der Waals surface area contributed by atoms with Gasteiger partial charge in [0.05, 0.1) is 5.52 Å². The van der Waals surface area contributed by atoms with E-state index in [9.17, 15) is 18.4 Å². The molecule has 1 aliphatic rings. The van der Waals surface area contributed by atoms with Crippen molar-refractivity contribution >= 4 is 17.0 Å². The summed E-state index contributed by atoms with van der Waals surface area (Å²) in [5.41, 5.74) is -1.63. The van der Waals surface area contributed by atoms with Crippen molar-refractivity contribution in [3.63, 3.8) is 0 Å². The third-order valence-corrected chi connectivity index (χ3v) is 3.09. The lowest BCUT2D eigenvalue weighted by atomic mass is 10.2. The second kappa shape index (κ2) is 3.84. The lowest BCUT2D eigenvalue weighted by Crippen LogP contribution is -2.20. The van der Waals surface area contributed by atoms with E-state index in [1.165, 1.54) is 10.8 Å². The lowest BCUT2D eigenvalue weighted by molar-refractivity contribution is 0.0695. The number of aromatic nitrogens is 2. The molecule has 0 unspecified atom stereocenters. The fraction of sp³-hybridized carbons (Fsp3) is 0.250. The molecule has 0 aliphatic heterocycles. The topological polar surface area (TPSA) is 72.2 Å². The van der Waals surface area contributed by atoms with Gasteiger partial charge in [-0.2, -0.15) is 4.39 Å². The summed E-state index contributed by atoms with van der Waals surface area (Å²) in [7, 11) is 0. The maximum Gasteiger partial charge on any atom is 0.341 e. The third kappa shape index (κ3) is 1.78. The van der Waals surface area contributed by atoms with Gasteiger partial charge in [0.25, 0.3) is 0 Å². The molecule has 98 valence electrons. The number of carboxylic acids is 1. The monoisotopic (exact) mass is 266 g/mol. The van der Waals surface area contributed by atoms with Crippen LogP contribution >= 0.6 is 0 Å². The Kier molecular flexibility index (Phi) is 2.38. The molecular weight excluding hydrogens is 258 g/mol. The quantitative estimate of drug-likeness (QED) is 0.840. The molecule has 2 aromatic rings. The molecule has 19 heavy (non-hydrogen) atoms. The Morgan fingerprint density at radius 3 is 2.68 bits per heavy atom. The lowest BCUT2D eigenvalue weighted by Gasteiger charge is -2.10. The highest BCUT2D eigenvalue weighted by Crippen LogP contribution is 2.36. The first kappa shape index (κ1) is 11.8. The van der Waals surface area contributed by atoms with Crippen LogP contribution in [-0.2, 0) is 0 Å². The summed E-state index contributed by atoms with van der Waals surface area (Å²) in [6.07, 6.45) is 2.77. The SMILES string of the molecule is O=C(O)c1cn(C2CC2)c2cc(F)c(F)nc2c1=O. The van der Waals surface area contributed by atoms with Crippen molar-refractivity contribution in [2.75, 3.05) is 0 Å². The Hall–Kier alpha value is -2.31. The standard InChI is InChI=1S/C12H8F2N2O3/c13-7-3-8-9(15-11(7)14)10(17)6(12(18)19)4-16(8)5-1-2-5/h3-5H,1-2H2,(H,18,19). The predicted molar refractivity (Wildman–Crippen MR) is 61.1 cm³/mol. The molecule has 0 aromatic carbocycles. The first-order valence-corrected chi connectivity index (χ1v) is 5.63. The number of carbonyl (C=O) groups is 1. The Labute approximate surface area is 105 Å². The van der Waals surface area contributed by atoms with Crippen molar-refractivity contribution in [2.45, 2.75) is 18.9 Å². The predicted octanol–water partition coefficient (Wildman–Crippen LogP) is 1.71. The summed E-state index contributed by atoms with van der Waals surface area (Å²) in [6.45, 7) is 0. The van der Waals surface area contributed by atoms with Gasteiger partial charge in [0.2, 0.25) is 11.4 Å². The van der Waals surface area contributed by atoms with Crippen molar-refractivity contribution in [1.29, 1.82) is 0 Å². The molecule has 0 bridgehead atoms. The highest BCUT2D eigenvalue weighted by atomic mass is 19.2. The average Bonchev–Trinajstić information content (AvgIpc) is 3.16. The zero-order chi connectivity index (χ0) is 13.7. The van der Waals surface area contributed by atoms with E-state index in [1.807, 2.05) is 0 Å². The maximum absolute atomic E-state index is 13.2. The molecule has 0 radical (unpaired) electrons. The van der Waals surface area contributed by atoms with Crippen LogP contribution < -0.4 is 5.43 Å². The van der Waals surface area contributed by atoms with Crippen LogP contribution in [0.3, 0.4) is 0 Å². The van der Waals surface area contributed by atoms with Gasteiger partial charge in [-0.15, -0.1) is 0 Å². The largest absolute Gasteiger partial charge is 0.477 e. The van der Waals surface area contributed by atoms with Gasteiger partial charge < -0.3 is 9.67 Å². The second-order valence-corrected chi connectivity index (χ2v) is 4.44. The van der Waals surface area contributed by atoms with E-state index in [1.54, 1.807) is 0 Å². The molecule has 0 atom stereocenters. The number of rotatable bonds is 2. The van der Waals surface area contributed by atoms with Crippen molar-refractivity contribution < 1.29 is 18.7 Å². The van der Waals surface area contributed by atoms with Crippen LogP contribution in [0.15, 0.2) is 17.1 Å². The molecule has 0 saturated heterocycles. The molecule has 0 amide bonds. The van der Waals surface area contributed by atoms with Crippen molar-refractivity contribution in [3.8, 4) is 0 Å². The number of aromatic carboxylic acids is 1. The molecule has 0 spiro atoms. The number of pyridine rings is 2. The number of fused-ring (bicyclic) bond motifs is 1. The van der Waals surface area contributed by atoms with E-state index in [0.717, 1.165) is 18.9 Å². The molecule has 1 aliphatic carbocycles. The normalized spacial score (nSPS) is 14.8. The van der Waals surface area contributed by atoms with Gasteiger partial charge in [-0.05, 0) is 12.8 Å². The first-order valence-electron chi connectivity index (χ1n) is 5.63. The van der Waals surface area contributed by atoms with Gasteiger partial charge in [0.1, 0.15) is 11.1 Å².